The predicted octanol–water partition coefficient (Wildman–Crippen LogP) is 0.915. The third-order valence-electron chi connectivity index (χ3n) is 3.21. The number of benzene rings is 1. The number of hydrogen-bond acceptors (Lipinski definition) is 5. The number of nitrogens with zero attached hydrogens (tertiary/aromatic N) is 2. The highest BCUT2D eigenvalue weighted by Crippen LogP contribution is 2.35. The van der Waals surface area contributed by atoms with Crippen LogP contribution in [0.3, 0.4) is 0 Å². The van der Waals surface area contributed by atoms with E-state index in [1.165, 1.54) is 30.2 Å². The summed E-state index contributed by atoms with van der Waals surface area (Å²) >= 11 is 0. The van der Waals surface area contributed by atoms with E-state index in [2.05, 4.69) is 0 Å². The van der Waals surface area contributed by atoms with Crippen molar-refractivity contribution >= 4 is 17.3 Å². The fourth-order valence-corrected chi connectivity index (χ4v) is 2.17. The van der Waals surface area contributed by atoms with Crippen LogP contribution in [0.15, 0.2) is 18.2 Å². The number of carbonyl (C=O) groups is 1. The summed E-state index contributed by atoms with van der Waals surface area (Å²) in [7, 11) is 1.47. The standard InChI is InChI=1S/C12H15N3O4/c1-19-9-2-3-10(15(17)18)11(5-9)14-7-8(6-13)4-12(14)16/h2-3,5,8H,4,6-7,13H2,1H3. The Morgan fingerprint density at radius 3 is 2.84 bits per heavy atom. The van der Waals surface area contributed by atoms with Gasteiger partial charge in [-0.25, -0.2) is 0 Å². The van der Waals surface area contributed by atoms with Gasteiger partial charge in [0.1, 0.15) is 11.4 Å². The first kappa shape index (κ1) is 13.3. The molecule has 0 aromatic heterocycles. The number of amides is 1. The smallest absolute Gasteiger partial charge is 0.293 e. The van der Waals surface area contributed by atoms with E-state index >= 15 is 0 Å². The van der Waals surface area contributed by atoms with Crippen LogP contribution in [-0.2, 0) is 4.79 Å². The van der Waals surface area contributed by atoms with Gasteiger partial charge in [-0.3, -0.25) is 14.9 Å². The van der Waals surface area contributed by atoms with Crippen LogP contribution in [0, 0.1) is 16.0 Å². The molecule has 1 aliphatic heterocycles. The van der Waals surface area contributed by atoms with E-state index in [9.17, 15) is 14.9 Å². The van der Waals surface area contributed by atoms with E-state index in [4.69, 9.17) is 10.5 Å². The highest BCUT2D eigenvalue weighted by atomic mass is 16.6. The third kappa shape index (κ3) is 2.50. The molecule has 1 atom stereocenters. The molecule has 2 N–H and O–H groups in total. The molecule has 1 amide bonds. The highest BCUT2D eigenvalue weighted by molar-refractivity contribution is 5.98. The summed E-state index contributed by atoms with van der Waals surface area (Å²) in [6.07, 6.45) is 0.324. The maximum Gasteiger partial charge on any atom is 0.293 e. The van der Waals surface area contributed by atoms with E-state index < -0.39 is 4.92 Å². The quantitative estimate of drug-likeness (QED) is 0.644. The van der Waals surface area contributed by atoms with Gasteiger partial charge in [-0.15, -0.1) is 0 Å². The molecule has 0 spiro atoms. The molecule has 1 heterocycles. The van der Waals surface area contributed by atoms with Gasteiger partial charge in [0.15, 0.2) is 0 Å². The highest BCUT2D eigenvalue weighted by Gasteiger charge is 2.33. The molecule has 7 nitrogen and oxygen atoms in total. The van der Waals surface area contributed by atoms with Gasteiger partial charge in [0.05, 0.1) is 12.0 Å². The molecule has 1 unspecified atom stereocenters. The number of ether oxygens (including phenoxy) is 1. The second kappa shape index (κ2) is 5.23. The van der Waals surface area contributed by atoms with Crippen LogP contribution in [0.25, 0.3) is 0 Å². The van der Waals surface area contributed by atoms with Gasteiger partial charge in [-0.05, 0) is 18.5 Å². The predicted molar refractivity (Wildman–Crippen MR) is 69.2 cm³/mol. The van der Waals surface area contributed by atoms with E-state index in [1.807, 2.05) is 0 Å². The number of nitro groups is 1. The average molecular weight is 265 g/mol. The normalized spacial score (nSPS) is 18.7. The van der Waals surface area contributed by atoms with Crippen LogP contribution in [-0.4, -0.2) is 31.0 Å². The van der Waals surface area contributed by atoms with Crippen molar-refractivity contribution in [3.8, 4) is 5.75 Å². The Morgan fingerprint density at radius 1 is 1.58 bits per heavy atom. The Morgan fingerprint density at radius 2 is 2.32 bits per heavy atom. The fraction of sp³-hybridized carbons (Fsp3) is 0.417. The monoisotopic (exact) mass is 265 g/mol. The Balaban J connectivity index is 2.42. The van der Waals surface area contributed by atoms with Crippen molar-refractivity contribution in [1.82, 2.24) is 0 Å². The lowest BCUT2D eigenvalue weighted by Gasteiger charge is -2.17. The fourth-order valence-electron chi connectivity index (χ4n) is 2.17. The number of hydrogen-bond donors (Lipinski definition) is 1. The lowest BCUT2D eigenvalue weighted by atomic mass is 10.1. The number of nitrogens with two attached hydrogens (primary N) is 1. The van der Waals surface area contributed by atoms with E-state index in [0.717, 1.165) is 0 Å². The maximum absolute atomic E-state index is 11.9. The molecule has 19 heavy (non-hydrogen) atoms. The second-order valence-electron chi connectivity index (χ2n) is 4.42. The maximum atomic E-state index is 11.9. The average Bonchev–Trinajstić information content (AvgIpc) is 2.79. The number of nitro benzene ring substituents is 1. The molecule has 1 saturated heterocycles. The van der Waals surface area contributed by atoms with Crippen LogP contribution >= 0.6 is 0 Å². The van der Waals surface area contributed by atoms with Crippen LogP contribution in [0.4, 0.5) is 11.4 Å². The van der Waals surface area contributed by atoms with Crippen LogP contribution in [0.1, 0.15) is 6.42 Å². The van der Waals surface area contributed by atoms with E-state index in [1.54, 1.807) is 0 Å². The molecule has 1 aliphatic rings. The summed E-state index contributed by atoms with van der Waals surface area (Å²) in [6, 6.07) is 4.36. The lowest BCUT2D eigenvalue weighted by molar-refractivity contribution is -0.384. The molecule has 1 fully saturated rings. The van der Waals surface area contributed by atoms with Gasteiger partial charge in [0.25, 0.3) is 5.69 Å². The van der Waals surface area contributed by atoms with Crippen LogP contribution in [0.5, 0.6) is 5.75 Å². The Kier molecular flexibility index (Phi) is 3.66. The second-order valence-corrected chi connectivity index (χ2v) is 4.42. The lowest BCUT2D eigenvalue weighted by Crippen LogP contribution is -2.26. The molecule has 102 valence electrons. The minimum Gasteiger partial charge on any atom is -0.497 e. The first-order valence-electron chi connectivity index (χ1n) is 5.89. The van der Waals surface area contributed by atoms with Crippen molar-refractivity contribution in [2.24, 2.45) is 11.7 Å². The van der Waals surface area contributed by atoms with Crippen molar-refractivity contribution in [3.05, 3.63) is 28.3 Å². The minimum absolute atomic E-state index is 0.0401. The summed E-state index contributed by atoms with van der Waals surface area (Å²) in [5.74, 6) is 0.370. The summed E-state index contributed by atoms with van der Waals surface area (Å²) in [5, 5.41) is 11.0. The molecule has 0 radical (unpaired) electrons. The van der Waals surface area contributed by atoms with E-state index in [0.29, 0.717) is 25.3 Å². The van der Waals surface area contributed by atoms with Crippen molar-refractivity contribution in [2.45, 2.75) is 6.42 Å². The molecule has 7 heteroatoms. The molecule has 0 saturated carbocycles. The number of anilines is 1. The minimum atomic E-state index is -0.502. The molecule has 0 aliphatic carbocycles. The molecule has 2 rings (SSSR count). The molecular weight excluding hydrogens is 250 g/mol. The Bertz CT molecular complexity index is 518. The third-order valence-corrected chi connectivity index (χ3v) is 3.21. The zero-order valence-electron chi connectivity index (χ0n) is 10.5. The largest absolute Gasteiger partial charge is 0.497 e. The molecular formula is C12H15N3O4. The van der Waals surface area contributed by atoms with Gasteiger partial charge in [0, 0.05) is 25.1 Å². The number of methoxy groups -OCH3 is 1. The number of rotatable bonds is 4. The molecule has 1 aromatic carbocycles. The van der Waals surface area contributed by atoms with Gasteiger partial charge >= 0.3 is 0 Å². The van der Waals surface area contributed by atoms with Gasteiger partial charge in [-0.2, -0.15) is 0 Å². The first-order chi connectivity index (χ1) is 9.06. The zero-order valence-corrected chi connectivity index (χ0v) is 10.5. The summed E-state index contributed by atoms with van der Waals surface area (Å²) in [6.45, 7) is 0.795. The SMILES string of the molecule is COc1ccc([N+](=O)[O-])c(N2CC(CN)CC2=O)c1. The Labute approximate surface area is 110 Å². The van der Waals surface area contributed by atoms with Crippen molar-refractivity contribution in [2.75, 3.05) is 25.1 Å². The summed E-state index contributed by atoms with van der Waals surface area (Å²) in [5.41, 5.74) is 5.72. The summed E-state index contributed by atoms with van der Waals surface area (Å²) < 4.78 is 5.05. The molecule has 1 aromatic rings. The topological polar surface area (TPSA) is 98.7 Å². The molecule has 0 bridgehead atoms. The van der Waals surface area contributed by atoms with Crippen LogP contribution in [0.2, 0.25) is 0 Å². The van der Waals surface area contributed by atoms with Gasteiger partial charge < -0.3 is 15.4 Å². The zero-order chi connectivity index (χ0) is 14.0. The van der Waals surface area contributed by atoms with Crippen molar-refractivity contribution < 1.29 is 14.5 Å². The van der Waals surface area contributed by atoms with Crippen molar-refractivity contribution in [3.63, 3.8) is 0 Å². The van der Waals surface area contributed by atoms with Crippen LogP contribution < -0.4 is 15.4 Å². The van der Waals surface area contributed by atoms with E-state index in [-0.39, 0.29) is 23.2 Å². The van der Waals surface area contributed by atoms with Crippen molar-refractivity contribution in [1.29, 1.82) is 0 Å². The first-order valence-corrected chi connectivity index (χ1v) is 5.89. The Hall–Kier alpha value is -2.15. The summed E-state index contributed by atoms with van der Waals surface area (Å²) in [4.78, 5) is 23.9. The van der Waals surface area contributed by atoms with Gasteiger partial charge in [-0.1, -0.05) is 0 Å². The number of carbonyl (C=O) groups excluding carboxylic acids is 1. The van der Waals surface area contributed by atoms with Gasteiger partial charge in [0.2, 0.25) is 5.91 Å².